The van der Waals surface area contributed by atoms with Crippen molar-refractivity contribution in [3.05, 3.63) is 53.9 Å². The van der Waals surface area contributed by atoms with Crippen LogP contribution in [0, 0.1) is 12.8 Å². The van der Waals surface area contributed by atoms with Crippen LogP contribution >= 0.6 is 0 Å². The van der Waals surface area contributed by atoms with Gasteiger partial charge >= 0.3 is 0 Å². The van der Waals surface area contributed by atoms with Crippen molar-refractivity contribution in [2.24, 2.45) is 5.92 Å². The Morgan fingerprint density at radius 2 is 2.15 bits per heavy atom. The van der Waals surface area contributed by atoms with Gasteiger partial charge in [0, 0.05) is 24.7 Å². The standard InChI is InChI=1S/C20H21N5O2/c1-13-5-3-9-21-18(13)23-19(26)15-7-4-10-25(12-15)20(27)16-8-2-6-14-11-22-24-17(14)16/h2-3,5-6,8-9,11,15H,4,7,10,12H2,1H3,(H,22,24)(H,21,23,26)/t15-/m0/s1. The number of piperidine rings is 1. The monoisotopic (exact) mass is 363 g/mol. The summed E-state index contributed by atoms with van der Waals surface area (Å²) in [5.41, 5.74) is 2.24. The lowest BCUT2D eigenvalue weighted by Crippen LogP contribution is -2.44. The topological polar surface area (TPSA) is 91.0 Å². The number of aromatic amines is 1. The van der Waals surface area contributed by atoms with E-state index >= 15 is 0 Å². The normalized spacial score (nSPS) is 17.1. The zero-order valence-electron chi connectivity index (χ0n) is 15.1. The lowest BCUT2D eigenvalue weighted by atomic mass is 9.96. The molecule has 0 unspecified atom stereocenters. The van der Waals surface area contributed by atoms with Gasteiger partial charge in [0.05, 0.1) is 23.2 Å². The Labute approximate surface area is 156 Å². The van der Waals surface area contributed by atoms with Gasteiger partial charge in [-0.3, -0.25) is 14.7 Å². The molecule has 138 valence electrons. The lowest BCUT2D eigenvalue weighted by molar-refractivity contribution is -0.121. The minimum Gasteiger partial charge on any atom is -0.338 e. The number of nitrogens with one attached hydrogen (secondary N) is 2. The predicted octanol–water partition coefficient (Wildman–Crippen LogP) is 2.76. The molecule has 1 saturated heterocycles. The first kappa shape index (κ1) is 17.2. The van der Waals surface area contributed by atoms with Crippen molar-refractivity contribution < 1.29 is 9.59 Å². The maximum atomic E-state index is 13.0. The summed E-state index contributed by atoms with van der Waals surface area (Å²) >= 11 is 0. The summed E-state index contributed by atoms with van der Waals surface area (Å²) in [7, 11) is 0. The minimum atomic E-state index is -0.245. The molecule has 0 saturated carbocycles. The van der Waals surface area contributed by atoms with Crippen LogP contribution in [0.15, 0.2) is 42.7 Å². The second kappa shape index (κ2) is 7.19. The predicted molar refractivity (Wildman–Crippen MR) is 102 cm³/mol. The SMILES string of the molecule is Cc1cccnc1NC(=O)[C@H]1CCCN(C(=O)c2cccc3cn[nH]c23)C1. The van der Waals surface area contributed by atoms with Crippen LogP contribution in [0.5, 0.6) is 0 Å². The highest BCUT2D eigenvalue weighted by molar-refractivity contribution is 6.05. The van der Waals surface area contributed by atoms with Gasteiger partial charge in [0.1, 0.15) is 5.82 Å². The molecule has 1 aliphatic heterocycles. The average molecular weight is 363 g/mol. The smallest absolute Gasteiger partial charge is 0.256 e. The number of benzene rings is 1. The summed E-state index contributed by atoms with van der Waals surface area (Å²) in [5.74, 6) is 0.170. The van der Waals surface area contributed by atoms with Crippen molar-refractivity contribution in [1.29, 1.82) is 0 Å². The molecule has 0 bridgehead atoms. The van der Waals surface area contributed by atoms with Gasteiger partial charge in [-0.2, -0.15) is 5.10 Å². The fourth-order valence-electron chi connectivity index (χ4n) is 3.53. The van der Waals surface area contributed by atoms with Gasteiger partial charge in [-0.05, 0) is 37.5 Å². The van der Waals surface area contributed by atoms with E-state index < -0.39 is 0 Å². The maximum absolute atomic E-state index is 13.0. The summed E-state index contributed by atoms with van der Waals surface area (Å²) in [6.45, 7) is 2.96. The second-order valence-corrected chi connectivity index (χ2v) is 6.89. The zero-order chi connectivity index (χ0) is 18.8. The van der Waals surface area contributed by atoms with E-state index in [0.29, 0.717) is 24.5 Å². The molecule has 7 heteroatoms. The number of carbonyl (C=O) groups excluding carboxylic acids is 2. The number of aromatic nitrogens is 3. The van der Waals surface area contributed by atoms with Gasteiger partial charge < -0.3 is 10.2 Å². The molecule has 1 atom stereocenters. The van der Waals surface area contributed by atoms with Crippen molar-refractivity contribution >= 4 is 28.5 Å². The molecule has 1 aromatic carbocycles. The molecule has 2 aromatic heterocycles. The molecule has 3 heterocycles. The number of rotatable bonds is 3. The number of H-pyrrole nitrogens is 1. The number of carbonyl (C=O) groups is 2. The van der Waals surface area contributed by atoms with E-state index in [1.807, 2.05) is 31.2 Å². The molecule has 4 rings (SSSR count). The molecule has 1 aliphatic rings. The fourth-order valence-corrected chi connectivity index (χ4v) is 3.53. The number of nitrogens with zero attached hydrogens (tertiary/aromatic N) is 3. The van der Waals surface area contributed by atoms with Gasteiger partial charge in [-0.25, -0.2) is 4.98 Å². The van der Waals surface area contributed by atoms with Crippen LogP contribution in [-0.4, -0.2) is 45.0 Å². The number of para-hydroxylation sites is 1. The Morgan fingerprint density at radius 3 is 3.00 bits per heavy atom. The van der Waals surface area contributed by atoms with Gasteiger partial charge in [-0.15, -0.1) is 0 Å². The van der Waals surface area contributed by atoms with E-state index in [4.69, 9.17) is 0 Å². The summed E-state index contributed by atoms with van der Waals surface area (Å²) in [6.07, 6.45) is 4.91. The van der Waals surface area contributed by atoms with Crippen molar-refractivity contribution in [3.63, 3.8) is 0 Å². The number of hydrogen-bond acceptors (Lipinski definition) is 4. The maximum Gasteiger partial charge on any atom is 0.256 e. The molecular formula is C20H21N5O2. The third kappa shape index (κ3) is 3.40. The number of aryl methyl sites for hydroxylation is 1. The molecule has 1 fully saturated rings. The first-order valence-electron chi connectivity index (χ1n) is 9.07. The van der Waals surface area contributed by atoms with Crippen LogP contribution in [0.2, 0.25) is 0 Å². The molecule has 3 aromatic rings. The van der Waals surface area contributed by atoms with Crippen molar-refractivity contribution in [1.82, 2.24) is 20.1 Å². The highest BCUT2D eigenvalue weighted by Crippen LogP contribution is 2.23. The number of anilines is 1. The van der Waals surface area contributed by atoms with Crippen LogP contribution in [0.25, 0.3) is 10.9 Å². The molecule has 0 spiro atoms. The summed E-state index contributed by atoms with van der Waals surface area (Å²) in [4.78, 5) is 31.7. The Hall–Kier alpha value is -3.22. The molecule has 27 heavy (non-hydrogen) atoms. The average Bonchev–Trinajstić information content (AvgIpc) is 3.18. The Bertz CT molecular complexity index is 997. The van der Waals surface area contributed by atoms with E-state index in [0.717, 1.165) is 29.3 Å². The van der Waals surface area contributed by atoms with Crippen LogP contribution in [0.4, 0.5) is 5.82 Å². The van der Waals surface area contributed by atoms with Crippen LogP contribution in [0.1, 0.15) is 28.8 Å². The van der Waals surface area contributed by atoms with Crippen LogP contribution < -0.4 is 5.32 Å². The number of amides is 2. The number of hydrogen-bond donors (Lipinski definition) is 2. The van der Waals surface area contributed by atoms with Crippen LogP contribution in [-0.2, 0) is 4.79 Å². The molecular weight excluding hydrogens is 342 g/mol. The van der Waals surface area contributed by atoms with Gasteiger partial charge in [0.15, 0.2) is 0 Å². The molecule has 0 radical (unpaired) electrons. The molecule has 7 nitrogen and oxygen atoms in total. The highest BCUT2D eigenvalue weighted by Gasteiger charge is 2.30. The Morgan fingerprint density at radius 1 is 1.26 bits per heavy atom. The van der Waals surface area contributed by atoms with Crippen LogP contribution in [0.3, 0.4) is 0 Å². The van der Waals surface area contributed by atoms with Gasteiger partial charge in [-0.1, -0.05) is 18.2 Å². The van der Waals surface area contributed by atoms with Crippen molar-refractivity contribution in [2.45, 2.75) is 19.8 Å². The quantitative estimate of drug-likeness (QED) is 0.749. The first-order chi connectivity index (χ1) is 13.1. The fraction of sp³-hybridized carbons (Fsp3) is 0.300. The van der Waals surface area contributed by atoms with E-state index in [1.165, 1.54) is 0 Å². The number of fused-ring (bicyclic) bond motifs is 1. The third-order valence-electron chi connectivity index (χ3n) is 5.04. The molecule has 2 N–H and O–H groups in total. The molecule has 0 aliphatic carbocycles. The van der Waals surface area contributed by atoms with E-state index in [9.17, 15) is 9.59 Å². The first-order valence-corrected chi connectivity index (χ1v) is 9.07. The number of pyridine rings is 1. The van der Waals surface area contributed by atoms with E-state index in [-0.39, 0.29) is 17.7 Å². The van der Waals surface area contributed by atoms with Gasteiger partial charge in [0.25, 0.3) is 5.91 Å². The van der Waals surface area contributed by atoms with Crippen molar-refractivity contribution in [3.8, 4) is 0 Å². The van der Waals surface area contributed by atoms with Gasteiger partial charge in [0.2, 0.25) is 5.91 Å². The second-order valence-electron chi connectivity index (χ2n) is 6.89. The highest BCUT2D eigenvalue weighted by atomic mass is 16.2. The third-order valence-corrected chi connectivity index (χ3v) is 5.04. The minimum absolute atomic E-state index is 0.0728. The summed E-state index contributed by atoms with van der Waals surface area (Å²) < 4.78 is 0. The molecule has 2 amide bonds. The number of likely N-dealkylation sites (tertiary alicyclic amines) is 1. The van der Waals surface area contributed by atoms with E-state index in [1.54, 1.807) is 23.4 Å². The van der Waals surface area contributed by atoms with Crippen molar-refractivity contribution in [2.75, 3.05) is 18.4 Å². The largest absolute Gasteiger partial charge is 0.338 e. The lowest BCUT2D eigenvalue weighted by Gasteiger charge is -2.32. The Balaban J connectivity index is 1.49. The summed E-state index contributed by atoms with van der Waals surface area (Å²) in [6, 6.07) is 9.30. The van der Waals surface area contributed by atoms with E-state index in [2.05, 4.69) is 20.5 Å². The zero-order valence-corrected chi connectivity index (χ0v) is 15.1. The Kier molecular flexibility index (Phi) is 4.58. The summed E-state index contributed by atoms with van der Waals surface area (Å²) in [5, 5.41) is 10.7.